The minimum Gasteiger partial charge on any atom is -0.383 e. The fourth-order valence-electron chi connectivity index (χ4n) is 2.15. The first-order valence-corrected chi connectivity index (χ1v) is 8.14. The first-order valence-electron chi connectivity index (χ1n) is 7.26. The van der Waals surface area contributed by atoms with Gasteiger partial charge in [-0.3, -0.25) is 4.79 Å². The quantitative estimate of drug-likeness (QED) is 0.792. The highest BCUT2D eigenvalue weighted by molar-refractivity contribution is 8.00. The molecular weight excluding hydrogens is 294 g/mol. The molecule has 4 heteroatoms. The van der Waals surface area contributed by atoms with E-state index in [1.807, 2.05) is 67.6 Å². The van der Waals surface area contributed by atoms with Gasteiger partial charge in [0.2, 0.25) is 5.91 Å². The average Bonchev–Trinajstić information content (AvgIpc) is 2.54. The van der Waals surface area contributed by atoms with E-state index in [9.17, 15) is 4.79 Å². The molecule has 116 valence electrons. The van der Waals surface area contributed by atoms with Gasteiger partial charge in [0.05, 0.1) is 6.61 Å². The summed E-state index contributed by atoms with van der Waals surface area (Å²) in [6.07, 6.45) is 0. The summed E-state index contributed by atoms with van der Waals surface area (Å²) < 4.78 is 5.09. The molecule has 0 aromatic heterocycles. The fraction of sp³-hybridized carbons (Fsp3) is 0.278. The molecule has 1 amide bonds. The third-order valence-electron chi connectivity index (χ3n) is 3.14. The largest absolute Gasteiger partial charge is 0.383 e. The van der Waals surface area contributed by atoms with Crippen LogP contribution < -0.4 is 5.32 Å². The molecule has 0 bridgehead atoms. The Hall–Kier alpha value is -1.78. The van der Waals surface area contributed by atoms with Gasteiger partial charge in [0.15, 0.2) is 0 Å². The normalized spacial score (nSPS) is 13.4. The number of methoxy groups -OCH3 is 1. The molecule has 1 N–H and O–H groups in total. The van der Waals surface area contributed by atoms with Gasteiger partial charge >= 0.3 is 0 Å². The van der Waals surface area contributed by atoms with Crippen molar-refractivity contribution in [2.75, 3.05) is 13.7 Å². The van der Waals surface area contributed by atoms with Gasteiger partial charge in [-0.2, -0.15) is 0 Å². The summed E-state index contributed by atoms with van der Waals surface area (Å²) in [7, 11) is 1.63. The molecule has 0 heterocycles. The standard InChI is InChI=1S/C18H21NO2S/c1-14(13-21-2)19-18(20)17(15-9-5-3-6-10-15)22-16-11-7-4-8-12-16/h3-12,14,17H,13H2,1-2H3,(H,19,20)/t14-,17+/m1/s1. The fourth-order valence-corrected chi connectivity index (χ4v) is 3.20. The lowest BCUT2D eigenvalue weighted by Gasteiger charge is -2.20. The number of carbonyl (C=O) groups is 1. The van der Waals surface area contributed by atoms with Crippen LogP contribution in [0.2, 0.25) is 0 Å². The SMILES string of the molecule is COC[C@@H](C)NC(=O)[C@@H](Sc1ccccc1)c1ccccc1. The van der Waals surface area contributed by atoms with Gasteiger partial charge in [-0.05, 0) is 24.6 Å². The molecule has 0 aliphatic carbocycles. The number of hydrogen-bond acceptors (Lipinski definition) is 3. The molecule has 2 aromatic rings. The van der Waals surface area contributed by atoms with Crippen molar-refractivity contribution in [3.63, 3.8) is 0 Å². The average molecular weight is 315 g/mol. The Balaban J connectivity index is 2.16. The Kier molecular flexibility index (Phi) is 6.49. The molecule has 0 aliphatic heterocycles. The lowest BCUT2D eigenvalue weighted by Crippen LogP contribution is -2.38. The van der Waals surface area contributed by atoms with Crippen LogP contribution in [0.5, 0.6) is 0 Å². The van der Waals surface area contributed by atoms with Crippen LogP contribution in [0.15, 0.2) is 65.6 Å². The molecule has 3 nitrogen and oxygen atoms in total. The van der Waals surface area contributed by atoms with Crippen molar-refractivity contribution >= 4 is 17.7 Å². The maximum atomic E-state index is 12.6. The first kappa shape index (κ1) is 16.6. The topological polar surface area (TPSA) is 38.3 Å². The second kappa shape index (κ2) is 8.61. The number of hydrogen-bond donors (Lipinski definition) is 1. The van der Waals surface area contributed by atoms with E-state index in [0.717, 1.165) is 10.5 Å². The number of thioether (sulfide) groups is 1. The number of benzene rings is 2. The van der Waals surface area contributed by atoms with Gasteiger partial charge in [0.1, 0.15) is 5.25 Å². The molecule has 2 rings (SSSR count). The van der Waals surface area contributed by atoms with E-state index in [4.69, 9.17) is 4.74 Å². The minimum absolute atomic E-state index is 0.00426. The van der Waals surface area contributed by atoms with Crippen molar-refractivity contribution in [2.24, 2.45) is 0 Å². The third kappa shape index (κ3) is 4.90. The van der Waals surface area contributed by atoms with E-state index in [1.54, 1.807) is 18.9 Å². The van der Waals surface area contributed by atoms with Crippen LogP contribution in [0.25, 0.3) is 0 Å². The number of carbonyl (C=O) groups excluding carboxylic acids is 1. The van der Waals surface area contributed by atoms with Crippen molar-refractivity contribution in [3.8, 4) is 0 Å². The van der Waals surface area contributed by atoms with E-state index in [-0.39, 0.29) is 17.2 Å². The lowest BCUT2D eigenvalue weighted by molar-refractivity contribution is -0.121. The zero-order chi connectivity index (χ0) is 15.8. The van der Waals surface area contributed by atoms with Gasteiger partial charge in [0.25, 0.3) is 0 Å². The van der Waals surface area contributed by atoms with Crippen LogP contribution >= 0.6 is 11.8 Å². The van der Waals surface area contributed by atoms with Gasteiger partial charge < -0.3 is 10.1 Å². The molecule has 0 spiro atoms. The highest BCUT2D eigenvalue weighted by Crippen LogP contribution is 2.35. The zero-order valence-electron chi connectivity index (χ0n) is 12.9. The summed E-state index contributed by atoms with van der Waals surface area (Å²) in [5.74, 6) is 0.00426. The van der Waals surface area contributed by atoms with E-state index in [0.29, 0.717) is 6.61 Å². The summed E-state index contributed by atoms with van der Waals surface area (Å²) in [6, 6.07) is 19.8. The number of amides is 1. The maximum absolute atomic E-state index is 12.6. The van der Waals surface area contributed by atoms with Crippen LogP contribution in [0, 0.1) is 0 Å². The van der Waals surface area contributed by atoms with Crippen molar-refractivity contribution in [1.29, 1.82) is 0 Å². The van der Waals surface area contributed by atoms with Crippen molar-refractivity contribution in [2.45, 2.75) is 23.1 Å². The highest BCUT2D eigenvalue weighted by atomic mass is 32.2. The predicted molar refractivity (Wildman–Crippen MR) is 91.0 cm³/mol. The predicted octanol–water partition coefficient (Wildman–Crippen LogP) is 3.67. The zero-order valence-corrected chi connectivity index (χ0v) is 13.7. The highest BCUT2D eigenvalue weighted by Gasteiger charge is 2.23. The van der Waals surface area contributed by atoms with Crippen LogP contribution in [0.3, 0.4) is 0 Å². The van der Waals surface area contributed by atoms with Gasteiger partial charge in [0, 0.05) is 18.0 Å². The number of ether oxygens (including phenoxy) is 1. The first-order chi connectivity index (χ1) is 10.7. The molecule has 2 aromatic carbocycles. The molecule has 0 saturated carbocycles. The van der Waals surface area contributed by atoms with Gasteiger partial charge in [-0.25, -0.2) is 0 Å². The molecule has 0 radical (unpaired) electrons. The summed E-state index contributed by atoms with van der Waals surface area (Å²) in [5.41, 5.74) is 0.999. The van der Waals surface area contributed by atoms with Gasteiger partial charge in [-0.1, -0.05) is 48.5 Å². The van der Waals surface area contributed by atoms with Crippen molar-refractivity contribution in [3.05, 3.63) is 66.2 Å². The van der Waals surface area contributed by atoms with Crippen LogP contribution in [0.1, 0.15) is 17.7 Å². The van der Waals surface area contributed by atoms with E-state index in [2.05, 4.69) is 5.32 Å². The molecule has 0 aliphatic rings. The lowest BCUT2D eigenvalue weighted by atomic mass is 10.1. The second-order valence-electron chi connectivity index (χ2n) is 5.09. The summed E-state index contributed by atoms with van der Waals surface area (Å²) in [6.45, 7) is 2.44. The van der Waals surface area contributed by atoms with Crippen LogP contribution in [-0.2, 0) is 9.53 Å². The molecule has 0 fully saturated rings. The maximum Gasteiger partial charge on any atom is 0.238 e. The van der Waals surface area contributed by atoms with Crippen LogP contribution in [-0.4, -0.2) is 25.7 Å². The Bertz CT molecular complexity index is 574. The summed E-state index contributed by atoms with van der Waals surface area (Å²) in [4.78, 5) is 13.7. The Morgan fingerprint density at radius 3 is 2.27 bits per heavy atom. The molecular formula is C18H21NO2S. The molecule has 0 unspecified atom stereocenters. The van der Waals surface area contributed by atoms with Crippen molar-refractivity contribution < 1.29 is 9.53 Å². The van der Waals surface area contributed by atoms with Crippen LogP contribution in [0.4, 0.5) is 0 Å². The molecule has 0 saturated heterocycles. The van der Waals surface area contributed by atoms with Crippen molar-refractivity contribution in [1.82, 2.24) is 5.32 Å². The monoisotopic (exact) mass is 315 g/mol. The van der Waals surface area contributed by atoms with Gasteiger partial charge in [-0.15, -0.1) is 11.8 Å². The van der Waals surface area contributed by atoms with E-state index in [1.165, 1.54) is 0 Å². The Labute approximate surface area is 136 Å². The Morgan fingerprint density at radius 1 is 1.09 bits per heavy atom. The smallest absolute Gasteiger partial charge is 0.238 e. The van der Waals surface area contributed by atoms with E-state index < -0.39 is 0 Å². The Morgan fingerprint density at radius 2 is 1.68 bits per heavy atom. The molecule has 2 atom stereocenters. The van der Waals surface area contributed by atoms with E-state index >= 15 is 0 Å². The number of nitrogens with one attached hydrogen (secondary N) is 1. The minimum atomic E-state index is -0.275. The number of rotatable bonds is 7. The third-order valence-corrected chi connectivity index (χ3v) is 4.41. The summed E-state index contributed by atoms with van der Waals surface area (Å²) >= 11 is 1.56. The second-order valence-corrected chi connectivity index (χ2v) is 6.27. The molecule has 22 heavy (non-hydrogen) atoms. The summed E-state index contributed by atoms with van der Waals surface area (Å²) in [5, 5.41) is 2.74.